The molecule has 5 nitrogen and oxygen atoms in total. The number of carbonyl (C=O) groups excluding carboxylic acids is 2. The monoisotopic (exact) mass is 344 g/mol. The lowest BCUT2D eigenvalue weighted by atomic mass is 10.1. The van der Waals surface area contributed by atoms with Crippen molar-refractivity contribution in [1.29, 1.82) is 0 Å². The molecule has 2 amide bonds. The summed E-state index contributed by atoms with van der Waals surface area (Å²) in [5.74, 6) is -0.641. The minimum atomic E-state index is -0.636. The third kappa shape index (κ3) is 5.60. The highest BCUT2D eigenvalue weighted by Gasteiger charge is 2.12. The lowest BCUT2D eigenvalue weighted by Crippen LogP contribution is -2.26. The molecule has 0 saturated heterocycles. The van der Waals surface area contributed by atoms with Crippen molar-refractivity contribution in [3.63, 3.8) is 0 Å². The Kier molecular flexibility index (Phi) is 6.51. The Bertz CT molecular complexity index is 762. The summed E-state index contributed by atoms with van der Waals surface area (Å²) >= 11 is 0. The Morgan fingerprint density at radius 1 is 1.16 bits per heavy atom. The minimum Gasteiger partial charge on any atom is -0.493 e. The average molecular weight is 344 g/mol. The number of amides is 2. The van der Waals surface area contributed by atoms with Crippen LogP contribution in [-0.4, -0.2) is 25.0 Å². The van der Waals surface area contributed by atoms with Crippen LogP contribution in [0.2, 0.25) is 0 Å². The zero-order valence-corrected chi connectivity index (χ0v) is 14.3. The third-order valence-electron chi connectivity index (χ3n) is 3.49. The molecule has 2 aromatic rings. The van der Waals surface area contributed by atoms with Crippen molar-refractivity contribution in [2.75, 3.05) is 18.5 Å². The number of aryl methyl sites for hydroxylation is 1. The average Bonchev–Trinajstić information content (AvgIpc) is 2.57. The zero-order valence-electron chi connectivity index (χ0n) is 14.3. The van der Waals surface area contributed by atoms with Gasteiger partial charge in [0.15, 0.2) is 0 Å². The predicted octanol–water partition coefficient (Wildman–Crippen LogP) is 3.29. The standard InChI is InChI=1S/C19H21FN2O3/c1-13-6-3-4-7-18(13)25-11-5-10-21-19(24)16-12-15(22-14(2)23)8-9-17(16)20/h3-4,6-9,12H,5,10-11H2,1-2H3,(H,21,24)(H,22,23). The van der Waals surface area contributed by atoms with Gasteiger partial charge in [0.1, 0.15) is 11.6 Å². The van der Waals surface area contributed by atoms with Gasteiger partial charge in [0.2, 0.25) is 5.91 Å². The summed E-state index contributed by atoms with van der Waals surface area (Å²) in [4.78, 5) is 23.1. The fourth-order valence-corrected chi connectivity index (χ4v) is 2.25. The van der Waals surface area contributed by atoms with Crippen molar-refractivity contribution >= 4 is 17.5 Å². The van der Waals surface area contributed by atoms with Crippen LogP contribution in [0.25, 0.3) is 0 Å². The van der Waals surface area contributed by atoms with Gasteiger partial charge in [0.25, 0.3) is 5.91 Å². The molecule has 0 aliphatic heterocycles. The Labute approximate surface area is 146 Å². The third-order valence-corrected chi connectivity index (χ3v) is 3.49. The summed E-state index contributed by atoms with van der Waals surface area (Å²) in [7, 11) is 0. The maximum absolute atomic E-state index is 13.8. The first kappa shape index (κ1) is 18.4. The molecule has 0 heterocycles. The first-order valence-electron chi connectivity index (χ1n) is 8.01. The maximum Gasteiger partial charge on any atom is 0.254 e. The second-order valence-electron chi connectivity index (χ2n) is 5.60. The Morgan fingerprint density at radius 2 is 1.92 bits per heavy atom. The fraction of sp³-hybridized carbons (Fsp3) is 0.263. The molecular weight excluding hydrogens is 323 g/mol. The van der Waals surface area contributed by atoms with E-state index in [-0.39, 0.29) is 11.5 Å². The van der Waals surface area contributed by atoms with Crippen LogP contribution in [-0.2, 0) is 4.79 Å². The first-order chi connectivity index (χ1) is 12.0. The summed E-state index contributed by atoms with van der Waals surface area (Å²) in [6, 6.07) is 11.6. The van der Waals surface area contributed by atoms with E-state index >= 15 is 0 Å². The quantitative estimate of drug-likeness (QED) is 0.758. The molecule has 0 atom stereocenters. The highest BCUT2D eigenvalue weighted by molar-refractivity contribution is 5.97. The maximum atomic E-state index is 13.8. The van der Waals surface area contributed by atoms with E-state index in [2.05, 4.69) is 10.6 Å². The minimum absolute atomic E-state index is 0.105. The van der Waals surface area contributed by atoms with Gasteiger partial charge in [-0.1, -0.05) is 18.2 Å². The largest absolute Gasteiger partial charge is 0.493 e. The number of carbonyl (C=O) groups is 2. The number of nitrogens with one attached hydrogen (secondary N) is 2. The highest BCUT2D eigenvalue weighted by Crippen LogP contribution is 2.16. The molecule has 0 aliphatic carbocycles. The molecule has 2 rings (SSSR count). The SMILES string of the molecule is CC(=O)Nc1ccc(F)c(C(=O)NCCCOc2ccccc2C)c1. The molecule has 0 bridgehead atoms. The molecule has 0 aromatic heterocycles. The number of hydrogen-bond donors (Lipinski definition) is 2. The van der Waals surface area contributed by atoms with Gasteiger partial charge < -0.3 is 15.4 Å². The van der Waals surface area contributed by atoms with Gasteiger partial charge in [0, 0.05) is 19.2 Å². The molecule has 0 saturated carbocycles. The van der Waals surface area contributed by atoms with E-state index in [9.17, 15) is 14.0 Å². The fourth-order valence-electron chi connectivity index (χ4n) is 2.25. The number of anilines is 1. The number of hydrogen-bond acceptors (Lipinski definition) is 3. The first-order valence-corrected chi connectivity index (χ1v) is 8.01. The Hall–Kier alpha value is -2.89. The van der Waals surface area contributed by atoms with Crippen LogP contribution < -0.4 is 15.4 Å². The number of benzene rings is 2. The smallest absolute Gasteiger partial charge is 0.254 e. The van der Waals surface area contributed by atoms with Gasteiger partial charge >= 0.3 is 0 Å². The molecule has 132 valence electrons. The number of para-hydroxylation sites is 1. The van der Waals surface area contributed by atoms with Crippen molar-refractivity contribution in [1.82, 2.24) is 5.32 Å². The molecule has 0 unspecified atom stereocenters. The number of rotatable bonds is 7. The van der Waals surface area contributed by atoms with Gasteiger partial charge in [-0.2, -0.15) is 0 Å². The van der Waals surface area contributed by atoms with Gasteiger partial charge in [-0.25, -0.2) is 4.39 Å². The summed E-state index contributed by atoms with van der Waals surface area (Å²) in [5, 5.41) is 5.17. The summed E-state index contributed by atoms with van der Waals surface area (Å²) < 4.78 is 19.4. The predicted molar refractivity (Wildman–Crippen MR) is 94.3 cm³/mol. The van der Waals surface area contributed by atoms with E-state index in [0.717, 1.165) is 17.4 Å². The molecule has 0 fully saturated rings. The highest BCUT2D eigenvalue weighted by atomic mass is 19.1. The molecule has 6 heteroatoms. The van der Waals surface area contributed by atoms with Crippen LogP contribution in [0.5, 0.6) is 5.75 Å². The van der Waals surface area contributed by atoms with E-state index < -0.39 is 11.7 Å². The van der Waals surface area contributed by atoms with Crippen molar-refractivity contribution in [2.24, 2.45) is 0 Å². The van der Waals surface area contributed by atoms with Gasteiger partial charge in [-0.15, -0.1) is 0 Å². The summed E-state index contributed by atoms with van der Waals surface area (Å²) in [6.45, 7) is 4.10. The van der Waals surface area contributed by atoms with Crippen molar-refractivity contribution < 1.29 is 18.7 Å². The second-order valence-corrected chi connectivity index (χ2v) is 5.60. The lowest BCUT2D eigenvalue weighted by Gasteiger charge is -2.10. The van der Waals surface area contributed by atoms with Crippen molar-refractivity contribution in [3.05, 3.63) is 59.4 Å². The lowest BCUT2D eigenvalue weighted by molar-refractivity contribution is -0.114. The van der Waals surface area contributed by atoms with Gasteiger partial charge in [0.05, 0.1) is 12.2 Å². The summed E-state index contributed by atoms with van der Waals surface area (Å²) in [5.41, 5.74) is 1.32. The van der Waals surface area contributed by atoms with Crippen LogP contribution in [0.4, 0.5) is 10.1 Å². The Balaban J connectivity index is 1.82. The van der Waals surface area contributed by atoms with Crippen LogP contribution in [0, 0.1) is 12.7 Å². The number of ether oxygens (including phenoxy) is 1. The van der Waals surface area contributed by atoms with E-state index in [1.165, 1.54) is 19.1 Å². The van der Waals surface area contributed by atoms with Crippen LogP contribution in [0.3, 0.4) is 0 Å². The van der Waals surface area contributed by atoms with Gasteiger partial charge in [-0.3, -0.25) is 9.59 Å². The molecule has 0 radical (unpaired) electrons. The molecule has 25 heavy (non-hydrogen) atoms. The normalized spacial score (nSPS) is 10.2. The van der Waals surface area contributed by atoms with Crippen molar-refractivity contribution in [2.45, 2.75) is 20.3 Å². The van der Waals surface area contributed by atoms with E-state index in [4.69, 9.17) is 4.74 Å². The topological polar surface area (TPSA) is 67.4 Å². The Morgan fingerprint density at radius 3 is 2.64 bits per heavy atom. The van der Waals surface area contributed by atoms with Crippen LogP contribution in [0.1, 0.15) is 29.3 Å². The van der Waals surface area contributed by atoms with Crippen LogP contribution >= 0.6 is 0 Å². The molecule has 0 spiro atoms. The van der Waals surface area contributed by atoms with Crippen molar-refractivity contribution in [3.8, 4) is 5.75 Å². The summed E-state index contributed by atoms with van der Waals surface area (Å²) in [6.07, 6.45) is 0.590. The van der Waals surface area contributed by atoms with Crippen LogP contribution in [0.15, 0.2) is 42.5 Å². The molecule has 2 aromatic carbocycles. The van der Waals surface area contributed by atoms with E-state index in [1.54, 1.807) is 0 Å². The number of halogens is 1. The molecular formula is C19H21FN2O3. The molecule has 2 N–H and O–H groups in total. The van der Waals surface area contributed by atoms with E-state index in [1.807, 2.05) is 31.2 Å². The zero-order chi connectivity index (χ0) is 18.2. The van der Waals surface area contributed by atoms with E-state index in [0.29, 0.717) is 25.3 Å². The van der Waals surface area contributed by atoms with Gasteiger partial charge in [-0.05, 0) is 43.2 Å². The molecule has 0 aliphatic rings. The second kappa shape index (κ2) is 8.82.